The van der Waals surface area contributed by atoms with E-state index in [1.807, 2.05) is 0 Å². The summed E-state index contributed by atoms with van der Waals surface area (Å²) in [7, 11) is 1.74. The molecule has 1 fully saturated rings. The molecule has 4 heteroatoms. The number of ether oxygens (including phenoxy) is 1. The largest absolute Gasteiger partial charge is 0.383 e. The summed E-state index contributed by atoms with van der Waals surface area (Å²) in [4.78, 5) is 2.55. The van der Waals surface area contributed by atoms with Crippen molar-refractivity contribution in [2.45, 2.75) is 26.8 Å². The maximum atomic E-state index is 5.10. The van der Waals surface area contributed by atoms with E-state index in [2.05, 4.69) is 58.2 Å². The third-order valence-corrected chi connectivity index (χ3v) is 4.54. The van der Waals surface area contributed by atoms with E-state index >= 15 is 0 Å². The Morgan fingerprint density at radius 2 is 2.00 bits per heavy atom. The molecule has 1 saturated heterocycles. The Hall–Kier alpha value is -0.580. The summed E-state index contributed by atoms with van der Waals surface area (Å²) < 4.78 is 6.24. The molecule has 2 unspecified atom stereocenters. The van der Waals surface area contributed by atoms with E-state index in [-0.39, 0.29) is 0 Å². The molecule has 0 bridgehead atoms. The van der Waals surface area contributed by atoms with Crippen molar-refractivity contribution in [2.75, 3.05) is 38.3 Å². The summed E-state index contributed by atoms with van der Waals surface area (Å²) in [6.07, 6.45) is 1.34. The van der Waals surface area contributed by atoms with Gasteiger partial charge in [-0.2, -0.15) is 0 Å². The van der Waals surface area contributed by atoms with Gasteiger partial charge >= 0.3 is 0 Å². The highest BCUT2D eigenvalue weighted by molar-refractivity contribution is 9.10. The first-order chi connectivity index (χ1) is 10.1. The molecule has 2 atom stereocenters. The Bertz CT molecular complexity index is 442. The molecule has 1 aliphatic heterocycles. The standard InChI is InChI=1S/C17H27BrN2O/c1-13-8-14(2)12-20(11-13)17-5-4-16(18)9-15(17)10-19-6-7-21-3/h4-5,9,13-14,19H,6-8,10-12H2,1-3H3. The molecule has 1 aromatic rings. The zero-order valence-electron chi connectivity index (χ0n) is 13.4. The van der Waals surface area contributed by atoms with Gasteiger partial charge in [-0.3, -0.25) is 0 Å². The Kier molecular flexibility index (Phi) is 6.52. The van der Waals surface area contributed by atoms with Crippen molar-refractivity contribution < 1.29 is 4.74 Å². The fourth-order valence-electron chi connectivity index (χ4n) is 3.26. The summed E-state index contributed by atoms with van der Waals surface area (Å²) in [6, 6.07) is 6.64. The lowest BCUT2D eigenvalue weighted by Crippen LogP contribution is -2.39. The number of halogens is 1. The lowest BCUT2D eigenvalue weighted by Gasteiger charge is -2.37. The Morgan fingerprint density at radius 1 is 1.29 bits per heavy atom. The minimum atomic E-state index is 0.751. The van der Waals surface area contributed by atoms with Gasteiger partial charge < -0.3 is 15.0 Å². The van der Waals surface area contributed by atoms with Gasteiger partial charge in [0.25, 0.3) is 0 Å². The van der Waals surface area contributed by atoms with Crippen LogP contribution in [0.15, 0.2) is 22.7 Å². The highest BCUT2D eigenvalue weighted by Gasteiger charge is 2.23. The lowest BCUT2D eigenvalue weighted by molar-refractivity contribution is 0.199. The van der Waals surface area contributed by atoms with Gasteiger partial charge in [-0.1, -0.05) is 29.8 Å². The average Bonchev–Trinajstić information content (AvgIpc) is 2.42. The van der Waals surface area contributed by atoms with Crippen LogP contribution >= 0.6 is 15.9 Å². The molecule has 1 N–H and O–H groups in total. The summed E-state index contributed by atoms with van der Waals surface area (Å²) >= 11 is 3.60. The minimum absolute atomic E-state index is 0.751. The maximum absolute atomic E-state index is 5.10. The van der Waals surface area contributed by atoms with Gasteiger partial charge in [-0.25, -0.2) is 0 Å². The van der Waals surface area contributed by atoms with Crippen molar-refractivity contribution in [3.05, 3.63) is 28.2 Å². The average molecular weight is 355 g/mol. The molecule has 0 saturated carbocycles. The van der Waals surface area contributed by atoms with Crippen LogP contribution in [0.4, 0.5) is 5.69 Å². The van der Waals surface area contributed by atoms with E-state index in [1.54, 1.807) is 7.11 Å². The first-order valence-electron chi connectivity index (χ1n) is 7.83. The van der Waals surface area contributed by atoms with E-state index in [9.17, 15) is 0 Å². The number of nitrogens with one attached hydrogen (secondary N) is 1. The number of hydrogen-bond acceptors (Lipinski definition) is 3. The van der Waals surface area contributed by atoms with E-state index in [4.69, 9.17) is 4.74 Å². The van der Waals surface area contributed by atoms with Crippen LogP contribution in [0.25, 0.3) is 0 Å². The van der Waals surface area contributed by atoms with Crippen molar-refractivity contribution in [1.29, 1.82) is 0 Å². The molecule has 21 heavy (non-hydrogen) atoms. The van der Waals surface area contributed by atoms with Crippen molar-refractivity contribution in [2.24, 2.45) is 11.8 Å². The molecule has 1 aliphatic rings. The Balaban J connectivity index is 2.10. The number of anilines is 1. The van der Waals surface area contributed by atoms with Gasteiger partial charge in [0.1, 0.15) is 0 Å². The normalized spacial score (nSPS) is 22.6. The van der Waals surface area contributed by atoms with Crippen LogP contribution in [-0.4, -0.2) is 33.4 Å². The summed E-state index contributed by atoms with van der Waals surface area (Å²) in [5.74, 6) is 1.54. The third kappa shape index (κ3) is 4.97. The monoisotopic (exact) mass is 354 g/mol. The van der Waals surface area contributed by atoms with E-state index < -0.39 is 0 Å². The number of hydrogen-bond donors (Lipinski definition) is 1. The quantitative estimate of drug-likeness (QED) is 0.788. The van der Waals surface area contributed by atoms with Crippen LogP contribution in [0.5, 0.6) is 0 Å². The predicted molar refractivity (Wildman–Crippen MR) is 92.9 cm³/mol. The van der Waals surface area contributed by atoms with Gasteiger partial charge in [0, 0.05) is 43.4 Å². The van der Waals surface area contributed by atoms with Crippen LogP contribution < -0.4 is 10.2 Å². The predicted octanol–water partition coefficient (Wildman–Crippen LogP) is 3.67. The topological polar surface area (TPSA) is 24.5 Å². The van der Waals surface area contributed by atoms with E-state index in [1.165, 1.54) is 17.7 Å². The summed E-state index contributed by atoms with van der Waals surface area (Å²) in [5.41, 5.74) is 2.74. The van der Waals surface area contributed by atoms with Crippen LogP contribution in [0, 0.1) is 11.8 Å². The number of rotatable bonds is 6. The molecule has 0 spiro atoms. The van der Waals surface area contributed by atoms with Crippen LogP contribution in [0.3, 0.4) is 0 Å². The van der Waals surface area contributed by atoms with Crippen LogP contribution in [0.2, 0.25) is 0 Å². The Morgan fingerprint density at radius 3 is 2.67 bits per heavy atom. The molecule has 1 heterocycles. The van der Waals surface area contributed by atoms with Gasteiger partial charge in [0.05, 0.1) is 6.61 Å². The van der Waals surface area contributed by atoms with Gasteiger partial charge in [0.15, 0.2) is 0 Å². The SMILES string of the molecule is COCCNCc1cc(Br)ccc1N1CC(C)CC(C)C1. The molecule has 0 amide bonds. The van der Waals surface area contributed by atoms with Crippen LogP contribution in [0.1, 0.15) is 25.8 Å². The Labute approximate surface area is 137 Å². The summed E-state index contributed by atoms with van der Waals surface area (Å²) in [6.45, 7) is 9.57. The fourth-order valence-corrected chi connectivity index (χ4v) is 3.67. The fraction of sp³-hybridized carbons (Fsp3) is 0.647. The molecule has 0 radical (unpaired) electrons. The minimum Gasteiger partial charge on any atom is -0.383 e. The molecule has 3 nitrogen and oxygen atoms in total. The molecule has 2 rings (SSSR count). The van der Waals surface area contributed by atoms with E-state index in [0.29, 0.717) is 0 Å². The molecule has 0 aliphatic carbocycles. The molecular formula is C17H27BrN2O. The van der Waals surface area contributed by atoms with Gasteiger partial charge in [-0.15, -0.1) is 0 Å². The first kappa shape index (κ1) is 16.8. The van der Waals surface area contributed by atoms with Crippen molar-refractivity contribution in [3.8, 4) is 0 Å². The second-order valence-electron chi connectivity index (χ2n) is 6.29. The van der Waals surface area contributed by atoms with Crippen LogP contribution in [-0.2, 0) is 11.3 Å². The first-order valence-corrected chi connectivity index (χ1v) is 8.62. The van der Waals surface area contributed by atoms with Gasteiger partial charge in [0.2, 0.25) is 0 Å². The molecular weight excluding hydrogens is 328 g/mol. The second kappa shape index (κ2) is 8.16. The van der Waals surface area contributed by atoms with Crippen molar-refractivity contribution >= 4 is 21.6 Å². The highest BCUT2D eigenvalue weighted by Crippen LogP contribution is 2.30. The number of methoxy groups -OCH3 is 1. The smallest absolute Gasteiger partial charge is 0.0587 e. The van der Waals surface area contributed by atoms with Crippen molar-refractivity contribution in [3.63, 3.8) is 0 Å². The molecule has 118 valence electrons. The number of nitrogens with zero attached hydrogens (tertiary/aromatic N) is 1. The zero-order chi connectivity index (χ0) is 15.2. The second-order valence-corrected chi connectivity index (χ2v) is 7.21. The molecule has 0 aromatic heterocycles. The van der Waals surface area contributed by atoms with Crippen molar-refractivity contribution in [1.82, 2.24) is 5.32 Å². The van der Waals surface area contributed by atoms with Gasteiger partial charge in [-0.05, 0) is 42.0 Å². The number of benzene rings is 1. The van der Waals surface area contributed by atoms with E-state index in [0.717, 1.165) is 49.1 Å². The third-order valence-electron chi connectivity index (χ3n) is 4.05. The number of piperidine rings is 1. The summed E-state index contributed by atoms with van der Waals surface area (Å²) in [5, 5.41) is 3.46. The lowest BCUT2D eigenvalue weighted by atomic mass is 9.91. The zero-order valence-corrected chi connectivity index (χ0v) is 14.9. The molecule has 1 aromatic carbocycles. The highest BCUT2D eigenvalue weighted by atomic mass is 79.9. The maximum Gasteiger partial charge on any atom is 0.0587 e.